The molecular formula is C25H32N2O. The van der Waals surface area contributed by atoms with Crippen molar-refractivity contribution >= 4 is 27.8 Å². The highest BCUT2D eigenvalue weighted by atomic mass is 16.3. The van der Waals surface area contributed by atoms with Crippen LogP contribution in [0.4, 0.5) is 5.69 Å². The highest BCUT2D eigenvalue weighted by Gasteiger charge is 2.60. The minimum Gasteiger partial charge on any atom is -0.436 e. The van der Waals surface area contributed by atoms with Crippen LogP contribution in [0.25, 0.3) is 22.1 Å². The highest BCUT2D eigenvalue weighted by Crippen LogP contribution is 2.61. The number of rotatable bonds is 1. The molecule has 0 radical (unpaired) electrons. The van der Waals surface area contributed by atoms with Crippen LogP contribution < -0.4 is 4.90 Å². The standard InChI is InChI=1S/C25H32N2O/c1-14-8-10-19-20-11-9-15(2)26-23(20)28-22(19)21(14)27-18(5)24(6)12-13-25(27,7)17(4)16(24)3/h8-11,16-18H,12-13H2,1-7H3/t16?,17?,18-,24?,25?/m0/s1. The van der Waals surface area contributed by atoms with E-state index in [1.807, 2.05) is 6.92 Å². The largest absolute Gasteiger partial charge is 0.436 e. The fourth-order valence-electron chi connectivity index (χ4n) is 6.40. The van der Waals surface area contributed by atoms with E-state index in [-0.39, 0.29) is 5.54 Å². The highest BCUT2D eigenvalue weighted by molar-refractivity contribution is 6.08. The Balaban J connectivity index is 1.81. The molecule has 3 aliphatic rings. The molecule has 1 aromatic carbocycles. The first-order valence-corrected chi connectivity index (χ1v) is 10.8. The summed E-state index contributed by atoms with van der Waals surface area (Å²) in [4.78, 5) is 7.40. The van der Waals surface area contributed by atoms with Crippen LogP contribution in [0.15, 0.2) is 28.7 Å². The third-order valence-electron chi connectivity index (χ3n) is 8.90. The van der Waals surface area contributed by atoms with E-state index in [1.54, 1.807) is 0 Å². The third-order valence-corrected chi connectivity index (χ3v) is 8.90. The first kappa shape index (κ1) is 18.0. The van der Waals surface area contributed by atoms with Gasteiger partial charge in [-0.05, 0) is 75.5 Å². The van der Waals surface area contributed by atoms with Crippen molar-refractivity contribution in [1.82, 2.24) is 4.98 Å². The predicted octanol–water partition coefficient (Wildman–Crippen LogP) is 6.64. The number of piperidine rings is 2. The molecule has 0 amide bonds. The van der Waals surface area contributed by atoms with Gasteiger partial charge in [0.25, 0.3) is 0 Å². The molecule has 1 saturated carbocycles. The van der Waals surface area contributed by atoms with Crippen molar-refractivity contribution in [2.24, 2.45) is 17.3 Å². The van der Waals surface area contributed by atoms with E-state index < -0.39 is 0 Å². The molecule has 5 atom stereocenters. The van der Waals surface area contributed by atoms with E-state index in [0.717, 1.165) is 28.3 Å². The Morgan fingerprint density at radius 3 is 2.43 bits per heavy atom. The van der Waals surface area contributed by atoms with Crippen LogP contribution in [0.2, 0.25) is 0 Å². The smallest absolute Gasteiger partial charge is 0.227 e. The molecule has 1 aliphatic carbocycles. The predicted molar refractivity (Wildman–Crippen MR) is 117 cm³/mol. The monoisotopic (exact) mass is 376 g/mol. The molecule has 6 rings (SSSR count). The third kappa shape index (κ3) is 2.03. The molecule has 148 valence electrons. The van der Waals surface area contributed by atoms with Crippen LogP contribution >= 0.6 is 0 Å². The van der Waals surface area contributed by atoms with E-state index in [4.69, 9.17) is 4.42 Å². The zero-order valence-electron chi connectivity index (χ0n) is 18.3. The fraction of sp³-hybridized carbons (Fsp3) is 0.560. The van der Waals surface area contributed by atoms with Crippen molar-refractivity contribution in [3.63, 3.8) is 0 Å². The van der Waals surface area contributed by atoms with Crippen LogP contribution in [-0.4, -0.2) is 16.6 Å². The Morgan fingerprint density at radius 2 is 1.68 bits per heavy atom. The molecule has 2 saturated heterocycles. The van der Waals surface area contributed by atoms with Gasteiger partial charge in [0.05, 0.1) is 5.69 Å². The molecule has 2 bridgehead atoms. The van der Waals surface area contributed by atoms with Gasteiger partial charge in [0.2, 0.25) is 5.71 Å². The lowest BCUT2D eigenvalue weighted by molar-refractivity contribution is -0.0523. The molecule has 3 nitrogen and oxygen atoms in total. The van der Waals surface area contributed by atoms with E-state index >= 15 is 0 Å². The topological polar surface area (TPSA) is 29.3 Å². The van der Waals surface area contributed by atoms with Crippen molar-refractivity contribution in [3.05, 3.63) is 35.5 Å². The van der Waals surface area contributed by atoms with Gasteiger partial charge in [0.1, 0.15) is 0 Å². The molecule has 3 fully saturated rings. The molecule has 3 aromatic rings. The maximum absolute atomic E-state index is 6.44. The molecule has 2 aliphatic heterocycles. The minimum atomic E-state index is 0.151. The van der Waals surface area contributed by atoms with Crippen LogP contribution in [0.3, 0.4) is 0 Å². The van der Waals surface area contributed by atoms with E-state index in [2.05, 4.69) is 75.7 Å². The lowest BCUT2D eigenvalue weighted by Crippen LogP contribution is -2.72. The summed E-state index contributed by atoms with van der Waals surface area (Å²) in [5, 5.41) is 2.31. The lowest BCUT2D eigenvalue weighted by atomic mass is 9.50. The minimum absolute atomic E-state index is 0.151. The second kappa shape index (κ2) is 5.52. The van der Waals surface area contributed by atoms with Gasteiger partial charge >= 0.3 is 0 Å². The molecule has 3 heteroatoms. The van der Waals surface area contributed by atoms with E-state index in [0.29, 0.717) is 17.4 Å². The van der Waals surface area contributed by atoms with E-state index in [9.17, 15) is 0 Å². The Labute approximate surface area is 168 Å². The molecule has 4 heterocycles. The summed E-state index contributed by atoms with van der Waals surface area (Å²) in [5.41, 5.74) is 5.83. The molecule has 2 aromatic heterocycles. The number of aryl methyl sites for hydroxylation is 2. The Bertz CT molecular complexity index is 1100. The molecule has 0 spiro atoms. The Kier molecular flexibility index (Phi) is 3.56. The van der Waals surface area contributed by atoms with Gasteiger partial charge in [-0.2, -0.15) is 0 Å². The van der Waals surface area contributed by atoms with Crippen LogP contribution in [0.1, 0.15) is 58.7 Å². The average Bonchev–Trinajstić information content (AvgIpc) is 3.01. The summed E-state index contributed by atoms with van der Waals surface area (Å²) in [6.07, 6.45) is 2.55. The van der Waals surface area contributed by atoms with Crippen molar-refractivity contribution in [2.45, 2.75) is 72.9 Å². The number of hydrogen-bond acceptors (Lipinski definition) is 3. The van der Waals surface area contributed by atoms with Crippen LogP contribution in [0.5, 0.6) is 0 Å². The van der Waals surface area contributed by atoms with Crippen LogP contribution in [0, 0.1) is 31.1 Å². The number of nitrogens with zero attached hydrogens (tertiary/aromatic N) is 2. The van der Waals surface area contributed by atoms with Crippen molar-refractivity contribution in [1.29, 1.82) is 0 Å². The first-order chi connectivity index (χ1) is 13.2. The molecule has 0 N–H and O–H groups in total. The molecule has 4 unspecified atom stereocenters. The van der Waals surface area contributed by atoms with Gasteiger partial charge in [-0.25, -0.2) is 4.98 Å². The second-order valence-corrected chi connectivity index (χ2v) is 10.0. The number of pyridine rings is 1. The summed E-state index contributed by atoms with van der Waals surface area (Å²) in [6.45, 7) is 16.6. The first-order valence-electron chi connectivity index (χ1n) is 10.8. The summed E-state index contributed by atoms with van der Waals surface area (Å²) in [6, 6.07) is 9.18. The number of hydrogen-bond donors (Lipinski definition) is 0. The van der Waals surface area contributed by atoms with Gasteiger partial charge in [-0.15, -0.1) is 0 Å². The summed E-state index contributed by atoms with van der Waals surface area (Å²) in [7, 11) is 0. The summed E-state index contributed by atoms with van der Waals surface area (Å²) < 4.78 is 6.44. The number of fused-ring (bicyclic) bond motifs is 6. The normalized spacial score (nSPS) is 35.2. The van der Waals surface area contributed by atoms with Gasteiger partial charge in [-0.1, -0.05) is 32.9 Å². The SMILES string of the molecule is Cc1ccc2c(n1)oc1c(N3[C@@H](C)C4(C)CCC3(C)C(C)C4C)c(C)ccc12. The van der Waals surface area contributed by atoms with Gasteiger partial charge in [0, 0.05) is 28.0 Å². The van der Waals surface area contributed by atoms with Crippen LogP contribution in [-0.2, 0) is 0 Å². The van der Waals surface area contributed by atoms with Gasteiger partial charge in [0.15, 0.2) is 5.58 Å². The van der Waals surface area contributed by atoms with Gasteiger partial charge in [-0.3, -0.25) is 0 Å². The lowest BCUT2D eigenvalue weighted by Gasteiger charge is -2.68. The maximum atomic E-state index is 6.44. The van der Waals surface area contributed by atoms with E-state index in [1.165, 1.54) is 29.5 Å². The maximum Gasteiger partial charge on any atom is 0.227 e. The van der Waals surface area contributed by atoms with Crippen molar-refractivity contribution in [3.8, 4) is 0 Å². The Hall–Kier alpha value is -2.03. The zero-order valence-corrected chi connectivity index (χ0v) is 18.3. The van der Waals surface area contributed by atoms with Crippen molar-refractivity contribution in [2.75, 3.05) is 4.90 Å². The van der Waals surface area contributed by atoms with Gasteiger partial charge < -0.3 is 9.32 Å². The molecule has 28 heavy (non-hydrogen) atoms. The second-order valence-electron chi connectivity index (χ2n) is 10.0. The quantitative estimate of drug-likeness (QED) is 0.477. The number of benzene rings is 1. The summed E-state index contributed by atoms with van der Waals surface area (Å²) >= 11 is 0. The fourth-order valence-corrected chi connectivity index (χ4v) is 6.40. The molecular weight excluding hydrogens is 344 g/mol. The average molecular weight is 377 g/mol. The number of aromatic nitrogens is 1. The zero-order chi connectivity index (χ0) is 20.0. The van der Waals surface area contributed by atoms with Crippen molar-refractivity contribution < 1.29 is 4.42 Å². The summed E-state index contributed by atoms with van der Waals surface area (Å²) in [5.74, 6) is 1.36. The number of furan rings is 1. The Morgan fingerprint density at radius 1 is 0.964 bits per heavy atom. The number of anilines is 1.